The van der Waals surface area contributed by atoms with Gasteiger partial charge in [-0.3, -0.25) is 4.72 Å². The molecule has 0 aliphatic heterocycles. The van der Waals surface area contributed by atoms with Gasteiger partial charge in [0.25, 0.3) is 0 Å². The molecule has 0 fully saturated rings. The SMILES string of the molecule is Cc1ccnc(Cl)c1NS(=O)(=O)CCOC(C)C. The van der Waals surface area contributed by atoms with Crippen LogP contribution in [0.1, 0.15) is 19.4 Å². The lowest BCUT2D eigenvalue weighted by molar-refractivity contribution is 0.0913. The van der Waals surface area contributed by atoms with E-state index >= 15 is 0 Å². The van der Waals surface area contributed by atoms with Gasteiger partial charge >= 0.3 is 0 Å². The Morgan fingerprint density at radius 2 is 2.17 bits per heavy atom. The minimum atomic E-state index is -3.47. The lowest BCUT2D eigenvalue weighted by Crippen LogP contribution is -2.22. The molecule has 0 radical (unpaired) electrons. The summed E-state index contributed by atoms with van der Waals surface area (Å²) in [6, 6.07) is 1.69. The average Bonchev–Trinajstić information content (AvgIpc) is 2.23. The second-order valence-electron chi connectivity index (χ2n) is 4.13. The fourth-order valence-corrected chi connectivity index (χ4v) is 2.54. The Hall–Kier alpha value is -0.850. The van der Waals surface area contributed by atoms with E-state index in [9.17, 15) is 8.42 Å². The third-order valence-electron chi connectivity index (χ3n) is 2.17. The van der Waals surface area contributed by atoms with Gasteiger partial charge in [-0.25, -0.2) is 13.4 Å². The zero-order valence-corrected chi connectivity index (χ0v) is 12.2. The Labute approximate surface area is 113 Å². The largest absolute Gasteiger partial charge is 0.378 e. The molecule has 0 aliphatic carbocycles. The van der Waals surface area contributed by atoms with E-state index in [0.29, 0.717) is 5.69 Å². The highest BCUT2D eigenvalue weighted by Gasteiger charge is 2.15. The van der Waals surface area contributed by atoms with Gasteiger partial charge in [0.2, 0.25) is 10.0 Å². The van der Waals surface area contributed by atoms with Crippen molar-refractivity contribution in [2.24, 2.45) is 0 Å². The van der Waals surface area contributed by atoms with Crippen molar-refractivity contribution in [1.29, 1.82) is 0 Å². The van der Waals surface area contributed by atoms with E-state index in [2.05, 4.69) is 9.71 Å². The number of anilines is 1. The van der Waals surface area contributed by atoms with E-state index in [1.807, 2.05) is 13.8 Å². The van der Waals surface area contributed by atoms with Crippen LogP contribution in [-0.4, -0.2) is 31.9 Å². The minimum absolute atomic E-state index is 0.00363. The zero-order chi connectivity index (χ0) is 13.8. The van der Waals surface area contributed by atoms with Crippen LogP contribution in [-0.2, 0) is 14.8 Å². The smallest absolute Gasteiger partial charge is 0.235 e. The standard InChI is InChI=1S/C11H17ClN2O3S/c1-8(2)17-6-7-18(15,16)14-10-9(3)4-5-13-11(10)12/h4-5,8,14H,6-7H2,1-3H3. The van der Waals surface area contributed by atoms with Gasteiger partial charge < -0.3 is 4.74 Å². The van der Waals surface area contributed by atoms with Crippen LogP contribution in [0, 0.1) is 6.92 Å². The summed E-state index contributed by atoms with van der Waals surface area (Å²) in [5.41, 5.74) is 1.05. The molecule has 0 bridgehead atoms. The maximum absolute atomic E-state index is 11.8. The predicted octanol–water partition coefficient (Wildman–Crippen LogP) is 2.21. The molecule has 0 spiro atoms. The number of hydrogen-bond acceptors (Lipinski definition) is 4. The van der Waals surface area contributed by atoms with Crippen LogP contribution in [0.3, 0.4) is 0 Å². The summed E-state index contributed by atoms with van der Waals surface area (Å²) in [7, 11) is -3.47. The molecule has 7 heteroatoms. The number of hydrogen-bond donors (Lipinski definition) is 1. The number of nitrogens with zero attached hydrogens (tertiary/aromatic N) is 1. The zero-order valence-electron chi connectivity index (χ0n) is 10.6. The molecule has 0 atom stereocenters. The third-order valence-corrected chi connectivity index (χ3v) is 3.68. The quantitative estimate of drug-likeness (QED) is 0.816. The summed E-state index contributed by atoms with van der Waals surface area (Å²) in [5.74, 6) is -0.115. The maximum atomic E-state index is 11.8. The molecule has 0 aliphatic rings. The number of pyridine rings is 1. The molecule has 18 heavy (non-hydrogen) atoms. The summed E-state index contributed by atoms with van der Waals surface area (Å²) in [6.07, 6.45) is 1.53. The molecule has 0 saturated carbocycles. The second kappa shape index (κ2) is 6.36. The number of ether oxygens (including phenoxy) is 1. The number of rotatable bonds is 6. The predicted molar refractivity (Wildman–Crippen MR) is 72.5 cm³/mol. The summed E-state index contributed by atoms with van der Waals surface area (Å²) in [4.78, 5) is 3.84. The number of halogens is 1. The molecule has 1 heterocycles. The van der Waals surface area contributed by atoms with Crippen LogP contribution in [0.5, 0.6) is 0 Å². The number of aromatic nitrogens is 1. The summed E-state index contributed by atoms with van der Waals surface area (Å²) >= 11 is 5.85. The van der Waals surface area contributed by atoms with Gasteiger partial charge in [0.05, 0.1) is 24.2 Å². The first-order valence-electron chi connectivity index (χ1n) is 5.55. The van der Waals surface area contributed by atoms with Crippen molar-refractivity contribution < 1.29 is 13.2 Å². The first kappa shape index (κ1) is 15.2. The Bertz CT molecular complexity index is 483. The molecule has 5 nitrogen and oxygen atoms in total. The average molecular weight is 293 g/mol. The molecule has 1 rings (SSSR count). The van der Waals surface area contributed by atoms with Crippen molar-refractivity contribution in [3.8, 4) is 0 Å². The molecule has 0 unspecified atom stereocenters. The van der Waals surface area contributed by atoms with Gasteiger partial charge in [0, 0.05) is 6.20 Å². The van der Waals surface area contributed by atoms with E-state index in [-0.39, 0.29) is 23.6 Å². The van der Waals surface area contributed by atoms with Gasteiger partial charge in [0.1, 0.15) is 0 Å². The highest BCUT2D eigenvalue weighted by molar-refractivity contribution is 7.92. The fraction of sp³-hybridized carbons (Fsp3) is 0.545. The van der Waals surface area contributed by atoms with E-state index in [4.69, 9.17) is 16.3 Å². The molecule has 102 valence electrons. The maximum Gasteiger partial charge on any atom is 0.235 e. The van der Waals surface area contributed by atoms with Crippen LogP contribution >= 0.6 is 11.6 Å². The molecule has 1 aromatic heterocycles. The Morgan fingerprint density at radius 3 is 2.72 bits per heavy atom. The van der Waals surface area contributed by atoms with E-state index in [0.717, 1.165) is 5.56 Å². The Kier molecular flexibility index (Phi) is 5.37. The topological polar surface area (TPSA) is 68.3 Å². The number of nitrogens with one attached hydrogen (secondary N) is 1. The van der Waals surface area contributed by atoms with Crippen molar-refractivity contribution in [1.82, 2.24) is 4.98 Å². The number of aryl methyl sites for hydroxylation is 1. The van der Waals surface area contributed by atoms with Crippen molar-refractivity contribution in [3.63, 3.8) is 0 Å². The van der Waals surface area contributed by atoms with Crippen molar-refractivity contribution >= 4 is 27.3 Å². The Balaban J connectivity index is 2.71. The highest BCUT2D eigenvalue weighted by Crippen LogP contribution is 2.23. The lowest BCUT2D eigenvalue weighted by atomic mass is 10.3. The van der Waals surface area contributed by atoms with Crippen molar-refractivity contribution in [2.75, 3.05) is 17.1 Å². The first-order valence-corrected chi connectivity index (χ1v) is 7.58. The fourth-order valence-electron chi connectivity index (χ4n) is 1.25. The van der Waals surface area contributed by atoms with Gasteiger partial charge in [-0.15, -0.1) is 0 Å². The second-order valence-corrected chi connectivity index (χ2v) is 6.33. The Morgan fingerprint density at radius 1 is 1.50 bits per heavy atom. The molecule has 1 aromatic rings. The van der Waals surface area contributed by atoms with E-state index in [1.54, 1.807) is 13.0 Å². The summed E-state index contributed by atoms with van der Waals surface area (Å²) in [5, 5.41) is 0.142. The van der Waals surface area contributed by atoms with Gasteiger partial charge in [-0.1, -0.05) is 11.6 Å². The van der Waals surface area contributed by atoms with Crippen LogP contribution < -0.4 is 4.72 Å². The van der Waals surface area contributed by atoms with Crippen LogP contribution in [0.2, 0.25) is 5.15 Å². The van der Waals surface area contributed by atoms with Gasteiger partial charge in [0.15, 0.2) is 5.15 Å². The first-order chi connectivity index (χ1) is 8.32. The van der Waals surface area contributed by atoms with Gasteiger partial charge in [-0.2, -0.15) is 0 Å². The van der Waals surface area contributed by atoms with Gasteiger partial charge in [-0.05, 0) is 32.4 Å². The van der Waals surface area contributed by atoms with Crippen molar-refractivity contribution in [2.45, 2.75) is 26.9 Å². The minimum Gasteiger partial charge on any atom is -0.378 e. The van der Waals surface area contributed by atoms with Crippen LogP contribution in [0.25, 0.3) is 0 Å². The summed E-state index contributed by atoms with van der Waals surface area (Å²) in [6.45, 7) is 5.60. The van der Waals surface area contributed by atoms with Crippen LogP contribution in [0.15, 0.2) is 12.3 Å². The van der Waals surface area contributed by atoms with E-state index in [1.165, 1.54) is 6.20 Å². The third kappa shape index (κ3) is 4.80. The molecule has 0 aromatic carbocycles. The monoisotopic (exact) mass is 292 g/mol. The molecule has 0 saturated heterocycles. The number of sulfonamides is 1. The molecule has 0 amide bonds. The van der Waals surface area contributed by atoms with E-state index < -0.39 is 10.0 Å². The summed E-state index contributed by atoms with van der Waals surface area (Å²) < 4.78 is 31.3. The normalized spacial score (nSPS) is 11.8. The highest BCUT2D eigenvalue weighted by atomic mass is 35.5. The van der Waals surface area contributed by atoms with Crippen LogP contribution in [0.4, 0.5) is 5.69 Å². The molecule has 1 N–H and O–H groups in total. The van der Waals surface area contributed by atoms with Crippen molar-refractivity contribution in [3.05, 3.63) is 23.0 Å². The molecular formula is C11H17ClN2O3S. The molecular weight excluding hydrogens is 276 g/mol. The lowest BCUT2D eigenvalue weighted by Gasteiger charge is -2.12.